The zero-order chi connectivity index (χ0) is 7.90. The molecule has 11 heavy (non-hydrogen) atoms. The largest absolute Gasteiger partial charge is 0.247 e. The third kappa shape index (κ3) is 0.962. The van der Waals surface area contributed by atoms with Crippen LogP contribution >= 0.6 is 0 Å². The first kappa shape index (κ1) is 6.86. The van der Waals surface area contributed by atoms with Gasteiger partial charge in [0.05, 0.1) is 5.54 Å². The number of rotatable bonds is 0. The average molecular weight is 146 g/mol. The van der Waals surface area contributed by atoms with Gasteiger partial charge >= 0.3 is 0 Å². The van der Waals surface area contributed by atoms with Crippen molar-refractivity contribution in [2.24, 2.45) is 0 Å². The Morgan fingerprint density at radius 2 is 2.09 bits per heavy atom. The maximum absolute atomic E-state index is 7.97. The molecule has 0 saturated carbocycles. The smallest absolute Gasteiger partial charge is 0.0550 e. The maximum atomic E-state index is 7.97. The number of aryl methyl sites for hydroxylation is 1. The molecule has 2 rings (SSSR count). The topological polar surface area (TPSA) is 23.8 Å². The molecule has 0 unspecified atom stereocenters. The van der Waals surface area contributed by atoms with E-state index in [1.807, 2.05) is 13.0 Å². The molecule has 1 nitrogen and oxygen atoms in total. The standard InChI is InChI=1S/C10H12N/c1-10(11)7-6-8-4-2-3-5-9(8)10/h2-5,11H,6-7H2,1H3/t10-/m1/s1. The summed E-state index contributed by atoms with van der Waals surface area (Å²) in [6.07, 6.45) is 2.06. The molecule has 0 heterocycles. The van der Waals surface area contributed by atoms with Crippen molar-refractivity contribution < 1.29 is 0 Å². The molecular weight excluding hydrogens is 134 g/mol. The van der Waals surface area contributed by atoms with Crippen molar-refractivity contribution in [2.45, 2.75) is 25.3 Å². The van der Waals surface area contributed by atoms with Crippen molar-refractivity contribution in [3.63, 3.8) is 0 Å². The molecular formula is C10H12N. The molecule has 57 valence electrons. The molecule has 0 aliphatic heterocycles. The zero-order valence-corrected chi connectivity index (χ0v) is 6.72. The summed E-state index contributed by atoms with van der Waals surface area (Å²) in [6.45, 7) is 2.00. The molecule has 0 spiro atoms. The second-order valence-corrected chi connectivity index (χ2v) is 3.49. The van der Waals surface area contributed by atoms with E-state index in [0.717, 1.165) is 12.8 Å². The van der Waals surface area contributed by atoms with Crippen LogP contribution in [0, 0.1) is 0 Å². The second kappa shape index (κ2) is 2.08. The highest BCUT2D eigenvalue weighted by Crippen LogP contribution is 2.34. The molecule has 1 atom stereocenters. The molecule has 1 radical (unpaired) electrons. The lowest BCUT2D eigenvalue weighted by Gasteiger charge is -2.16. The molecule has 1 aromatic carbocycles. The minimum atomic E-state index is -0.323. The van der Waals surface area contributed by atoms with Crippen LogP contribution in [0.15, 0.2) is 24.3 Å². The van der Waals surface area contributed by atoms with Crippen LogP contribution in [0.1, 0.15) is 24.5 Å². The lowest BCUT2D eigenvalue weighted by atomic mass is 9.96. The Balaban J connectivity index is 2.56. The Kier molecular flexibility index (Phi) is 1.30. The minimum Gasteiger partial charge on any atom is -0.247 e. The van der Waals surface area contributed by atoms with Gasteiger partial charge in [-0.2, -0.15) is 0 Å². The number of hydrogen-bond acceptors (Lipinski definition) is 0. The Morgan fingerprint density at radius 1 is 1.36 bits per heavy atom. The Bertz CT molecular complexity index is 276. The fourth-order valence-electron chi connectivity index (χ4n) is 1.80. The summed E-state index contributed by atoms with van der Waals surface area (Å²) in [5.41, 5.74) is 10.2. The van der Waals surface area contributed by atoms with Gasteiger partial charge in [-0.1, -0.05) is 24.3 Å². The lowest BCUT2D eigenvalue weighted by Crippen LogP contribution is -2.18. The predicted molar refractivity (Wildman–Crippen MR) is 45.2 cm³/mol. The van der Waals surface area contributed by atoms with E-state index >= 15 is 0 Å². The summed E-state index contributed by atoms with van der Waals surface area (Å²) in [4.78, 5) is 0. The molecule has 1 aliphatic carbocycles. The first-order valence-electron chi connectivity index (χ1n) is 4.03. The number of nitrogens with one attached hydrogen (secondary N) is 1. The molecule has 1 N–H and O–H groups in total. The molecule has 0 fully saturated rings. The molecule has 1 aliphatic rings. The Morgan fingerprint density at radius 3 is 2.82 bits per heavy atom. The number of hydrogen-bond donors (Lipinski definition) is 0. The van der Waals surface area contributed by atoms with Gasteiger partial charge in [-0.25, -0.2) is 5.73 Å². The molecule has 0 saturated heterocycles. The van der Waals surface area contributed by atoms with Gasteiger partial charge in [-0.15, -0.1) is 0 Å². The van der Waals surface area contributed by atoms with Gasteiger partial charge in [0.1, 0.15) is 0 Å². The van der Waals surface area contributed by atoms with E-state index < -0.39 is 0 Å². The molecule has 1 aromatic rings. The van der Waals surface area contributed by atoms with Crippen molar-refractivity contribution in [1.29, 1.82) is 0 Å². The zero-order valence-electron chi connectivity index (χ0n) is 6.72. The summed E-state index contributed by atoms with van der Waals surface area (Å²) >= 11 is 0. The van der Waals surface area contributed by atoms with E-state index in [1.165, 1.54) is 11.1 Å². The van der Waals surface area contributed by atoms with Gasteiger partial charge < -0.3 is 0 Å². The summed E-state index contributed by atoms with van der Waals surface area (Å²) in [5, 5.41) is 0. The predicted octanol–water partition coefficient (Wildman–Crippen LogP) is 2.13. The van der Waals surface area contributed by atoms with Crippen molar-refractivity contribution >= 4 is 0 Å². The normalized spacial score (nSPS) is 28.5. The fourth-order valence-corrected chi connectivity index (χ4v) is 1.80. The fraction of sp³-hybridized carbons (Fsp3) is 0.400. The van der Waals surface area contributed by atoms with Crippen molar-refractivity contribution in [2.75, 3.05) is 0 Å². The highest BCUT2D eigenvalue weighted by molar-refractivity contribution is 5.37. The van der Waals surface area contributed by atoms with Gasteiger partial charge in [-0.05, 0) is 30.9 Å². The third-order valence-electron chi connectivity index (χ3n) is 2.51. The van der Waals surface area contributed by atoms with E-state index in [4.69, 9.17) is 5.73 Å². The molecule has 0 aromatic heterocycles. The van der Waals surface area contributed by atoms with Crippen LogP contribution in [0.4, 0.5) is 0 Å². The van der Waals surface area contributed by atoms with Crippen LogP contribution < -0.4 is 5.73 Å². The van der Waals surface area contributed by atoms with E-state index in [1.54, 1.807) is 0 Å². The van der Waals surface area contributed by atoms with Gasteiger partial charge in [0, 0.05) is 0 Å². The van der Waals surface area contributed by atoms with Crippen LogP contribution in [-0.4, -0.2) is 0 Å². The SMILES string of the molecule is C[C@@]1([NH])CCc2ccccc21. The van der Waals surface area contributed by atoms with E-state index in [2.05, 4.69) is 18.2 Å². The summed E-state index contributed by atoms with van der Waals surface area (Å²) in [6, 6.07) is 8.29. The summed E-state index contributed by atoms with van der Waals surface area (Å²) in [7, 11) is 0. The first-order chi connectivity index (χ1) is 5.20. The highest BCUT2D eigenvalue weighted by atomic mass is 14.7. The van der Waals surface area contributed by atoms with Gasteiger partial charge in [-0.3, -0.25) is 0 Å². The Labute approximate surface area is 67.2 Å². The molecule has 0 bridgehead atoms. The van der Waals surface area contributed by atoms with Gasteiger partial charge in [0.15, 0.2) is 0 Å². The van der Waals surface area contributed by atoms with Gasteiger partial charge in [0.25, 0.3) is 0 Å². The average Bonchev–Trinajstić information content (AvgIpc) is 2.29. The Hall–Kier alpha value is -0.820. The van der Waals surface area contributed by atoms with Gasteiger partial charge in [0.2, 0.25) is 0 Å². The highest BCUT2D eigenvalue weighted by Gasteiger charge is 2.30. The maximum Gasteiger partial charge on any atom is 0.0550 e. The monoisotopic (exact) mass is 146 g/mol. The number of benzene rings is 1. The molecule has 0 amide bonds. The first-order valence-corrected chi connectivity index (χ1v) is 4.03. The number of fused-ring (bicyclic) bond motifs is 1. The quantitative estimate of drug-likeness (QED) is 0.535. The summed E-state index contributed by atoms with van der Waals surface area (Å²) in [5.74, 6) is 0. The van der Waals surface area contributed by atoms with Crippen molar-refractivity contribution in [3.8, 4) is 0 Å². The van der Waals surface area contributed by atoms with Crippen molar-refractivity contribution in [1.82, 2.24) is 5.73 Å². The second-order valence-electron chi connectivity index (χ2n) is 3.49. The van der Waals surface area contributed by atoms with Crippen LogP contribution in [0.5, 0.6) is 0 Å². The van der Waals surface area contributed by atoms with Crippen LogP contribution in [0.2, 0.25) is 0 Å². The minimum absolute atomic E-state index is 0.323. The molecule has 1 heteroatoms. The van der Waals surface area contributed by atoms with E-state index in [9.17, 15) is 0 Å². The van der Waals surface area contributed by atoms with Crippen LogP contribution in [0.3, 0.4) is 0 Å². The third-order valence-corrected chi connectivity index (χ3v) is 2.51. The van der Waals surface area contributed by atoms with Crippen molar-refractivity contribution in [3.05, 3.63) is 35.4 Å². The van der Waals surface area contributed by atoms with Crippen LogP contribution in [-0.2, 0) is 12.0 Å². The van der Waals surface area contributed by atoms with Crippen LogP contribution in [0.25, 0.3) is 0 Å². The van der Waals surface area contributed by atoms with E-state index in [-0.39, 0.29) is 5.54 Å². The lowest BCUT2D eigenvalue weighted by molar-refractivity contribution is 0.473. The summed E-state index contributed by atoms with van der Waals surface area (Å²) < 4.78 is 0. The van der Waals surface area contributed by atoms with E-state index in [0.29, 0.717) is 0 Å².